The second kappa shape index (κ2) is 3.99. The molecular formula is C14H21N3O2. The topological polar surface area (TPSA) is 77.8 Å². The van der Waals surface area contributed by atoms with Crippen LogP contribution in [0.3, 0.4) is 0 Å². The van der Waals surface area contributed by atoms with Crippen molar-refractivity contribution in [2.75, 3.05) is 5.32 Å². The Hall–Kier alpha value is -1.52. The van der Waals surface area contributed by atoms with Crippen LogP contribution in [0.15, 0.2) is 15.8 Å². The average molecular weight is 263 g/mol. The first-order valence-electron chi connectivity index (χ1n) is 6.98. The zero-order valence-electron chi connectivity index (χ0n) is 11.6. The lowest BCUT2D eigenvalue weighted by atomic mass is 9.45. The first-order valence-corrected chi connectivity index (χ1v) is 6.98. The summed E-state index contributed by atoms with van der Waals surface area (Å²) < 4.78 is 0. The lowest BCUT2D eigenvalue weighted by molar-refractivity contribution is -0.105. The van der Waals surface area contributed by atoms with Gasteiger partial charge >= 0.3 is 5.56 Å². The Balaban J connectivity index is 1.81. The van der Waals surface area contributed by atoms with Crippen molar-refractivity contribution >= 4 is 5.69 Å². The van der Waals surface area contributed by atoms with Gasteiger partial charge in [-0.1, -0.05) is 20.8 Å². The highest BCUT2D eigenvalue weighted by Crippen LogP contribution is 2.61. The van der Waals surface area contributed by atoms with Crippen LogP contribution in [0.25, 0.3) is 0 Å². The molecule has 5 heteroatoms. The highest BCUT2D eigenvalue weighted by atomic mass is 16.2. The van der Waals surface area contributed by atoms with Gasteiger partial charge in [0.15, 0.2) is 0 Å². The molecule has 19 heavy (non-hydrogen) atoms. The number of rotatable bonds is 2. The van der Waals surface area contributed by atoms with E-state index in [1.165, 1.54) is 6.42 Å². The van der Waals surface area contributed by atoms with Gasteiger partial charge in [-0.05, 0) is 36.0 Å². The Morgan fingerprint density at radius 1 is 1.32 bits per heavy atom. The van der Waals surface area contributed by atoms with Crippen LogP contribution in [0.5, 0.6) is 0 Å². The molecule has 4 rings (SSSR count). The molecule has 0 spiro atoms. The van der Waals surface area contributed by atoms with Crippen LogP contribution in [0.2, 0.25) is 0 Å². The molecule has 104 valence electrons. The fraction of sp³-hybridized carbons (Fsp3) is 0.714. The zero-order valence-corrected chi connectivity index (χ0v) is 11.6. The van der Waals surface area contributed by atoms with E-state index in [2.05, 4.69) is 36.3 Å². The number of anilines is 1. The molecule has 3 fully saturated rings. The van der Waals surface area contributed by atoms with Gasteiger partial charge in [-0.15, -0.1) is 0 Å². The Kier molecular flexibility index (Phi) is 2.62. The third-order valence-electron chi connectivity index (χ3n) is 5.55. The third-order valence-corrected chi connectivity index (χ3v) is 5.55. The van der Waals surface area contributed by atoms with Crippen LogP contribution >= 0.6 is 0 Å². The summed E-state index contributed by atoms with van der Waals surface area (Å²) in [5.41, 5.74) is -0.263. The predicted octanol–water partition coefficient (Wildman–Crippen LogP) is 1.55. The standard InChI is InChI=1S/C14H21N3O2/c1-7-9-4-8(14(9,2)3)5-10(7)16-11-6-15-17-13(19)12(11)18/h6-10H,4-5H2,1-3H3,(H,15,18)(H2,16,17,19)/t7-,8+,9-,10-/m1/s1. The Morgan fingerprint density at radius 3 is 2.68 bits per heavy atom. The van der Waals surface area contributed by atoms with E-state index in [9.17, 15) is 9.59 Å². The van der Waals surface area contributed by atoms with Crippen molar-refractivity contribution < 1.29 is 0 Å². The molecule has 4 atom stereocenters. The molecule has 2 bridgehead atoms. The average Bonchev–Trinajstić information content (AvgIpc) is 2.36. The van der Waals surface area contributed by atoms with E-state index in [0.717, 1.165) is 12.3 Å². The molecule has 0 aliphatic heterocycles. The predicted molar refractivity (Wildman–Crippen MR) is 74.3 cm³/mol. The van der Waals surface area contributed by atoms with Gasteiger partial charge in [0.1, 0.15) is 5.69 Å². The lowest BCUT2D eigenvalue weighted by Gasteiger charge is -2.62. The number of fused-ring (bicyclic) bond motifs is 2. The van der Waals surface area contributed by atoms with Crippen molar-refractivity contribution in [2.24, 2.45) is 23.2 Å². The summed E-state index contributed by atoms with van der Waals surface area (Å²) in [6, 6.07) is 0.291. The molecule has 3 N–H and O–H groups in total. The van der Waals surface area contributed by atoms with Crippen molar-refractivity contribution in [1.29, 1.82) is 0 Å². The molecule has 3 aliphatic carbocycles. The van der Waals surface area contributed by atoms with Gasteiger partial charge in [-0.3, -0.25) is 14.7 Å². The van der Waals surface area contributed by atoms with E-state index in [4.69, 9.17) is 0 Å². The van der Waals surface area contributed by atoms with E-state index >= 15 is 0 Å². The second-order valence-electron chi connectivity index (χ2n) is 6.69. The first-order chi connectivity index (χ1) is 8.91. The fourth-order valence-electron chi connectivity index (χ4n) is 4.07. The van der Waals surface area contributed by atoms with Gasteiger partial charge < -0.3 is 10.4 Å². The van der Waals surface area contributed by atoms with Crippen LogP contribution < -0.4 is 16.3 Å². The zero-order chi connectivity index (χ0) is 13.8. The fourth-order valence-corrected chi connectivity index (χ4v) is 4.07. The van der Waals surface area contributed by atoms with Crippen molar-refractivity contribution in [3.63, 3.8) is 0 Å². The summed E-state index contributed by atoms with van der Waals surface area (Å²) in [6.45, 7) is 6.94. The van der Waals surface area contributed by atoms with Crippen molar-refractivity contribution in [1.82, 2.24) is 10.2 Å². The molecule has 0 saturated heterocycles. The van der Waals surface area contributed by atoms with Gasteiger partial charge in [-0.2, -0.15) is 0 Å². The molecule has 1 heterocycles. The third kappa shape index (κ3) is 1.75. The molecule has 1 aromatic heterocycles. The Morgan fingerprint density at radius 2 is 2.05 bits per heavy atom. The van der Waals surface area contributed by atoms with Crippen LogP contribution in [-0.2, 0) is 0 Å². The number of aromatic nitrogens is 2. The molecule has 3 aliphatic rings. The normalized spacial score (nSPS) is 35.5. The van der Waals surface area contributed by atoms with Crippen molar-refractivity contribution in [3.05, 3.63) is 26.8 Å². The highest BCUT2D eigenvalue weighted by Gasteiger charge is 2.56. The number of H-pyrrole nitrogens is 2. The number of aromatic amines is 2. The summed E-state index contributed by atoms with van der Waals surface area (Å²) >= 11 is 0. The number of nitrogens with one attached hydrogen (secondary N) is 3. The quantitative estimate of drug-likeness (QED) is 0.708. The smallest absolute Gasteiger partial charge is 0.312 e. The van der Waals surface area contributed by atoms with Gasteiger partial charge in [0.05, 0.1) is 0 Å². The minimum absolute atomic E-state index is 0.291. The molecule has 1 aromatic rings. The Bertz CT molecular complexity index is 601. The minimum Gasteiger partial charge on any atom is -0.377 e. The summed E-state index contributed by atoms with van der Waals surface area (Å²) in [4.78, 5) is 23.0. The number of hydrogen-bond acceptors (Lipinski definition) is 3. The number of hydrogen-bond donors (Lipinski definition) is 3. The van der Waals surface area contributed by atoms with E-state index in [0.29, 0.717) is 29.0 Å². The van der Waals surface area contributed by atoms with Crippen molar-refractivity contribution in [2.45, 2.75) is 39.7 Å². The van der Waals surface area contributed by atoms with Gasteiger partial charge in [-0.25, -0.2) is 0 Å². The second-order valence-corrected chi connectivity index (χ2v) is 6.69. The van der Waals surface area contributed by atoms with Crippen LogP contribution in [0, 0.1) is 23.2 Å². The van der Waals surface area contributed by atoms with Crippen molar-refractivity contribution in [3.8, 4) is 0 Å². The summed E-state index contributed by atoms with van der Waals surface area (Å²) in [5.74, 6) is 1.97. The molecular weight excluding hydrogens is 242 g/mol. The largest absolute Gasteiger partial charge is 0.377 e. The van der Waals surface area contributed by atoms with E-state index in [-0.39, 0.29) is 0 Å². The van der Waals surface area contributed by atoms with E-state index in [1.807, 2.05) is 0 Å². The van der Waals surface area contributed by atoms with Gasteiger partial charge in [0.2, 0.25) is 0 Å². The van der Waals surface area contributed by atoms with Gasteiger partial charge in [0.25, 0.3) is 5.43 Å². The first kappa shape index (κ1) is 12.5. The maximum atomic E-state index is 11.7. The molecule has 0 radical (unpaired) electrons. The maximum Gasteiger partial charge on any atom is 0.312 e. The summed E-state index contributed by atoms with van der Waals surface area (Å²) in [7, 11) is 0. The molecule has 5 nitrogen and oxygen atoms in total. The van der Waals surface area contributed by atoms with Crippen LogP contribution in [0.4, 0.5) is 5.69 Å². The monoisotopic (exact) mass is 263 g/mol. The Labute approximate surface area is 111 Å². The SMILES string of the molecule is C[C@@H]1[C@H]2C[C@@H](C[C@H]1Nc1c[nH][nH]c(=O)c1=O)C2(C)C. The molecule has 0 unspecified atom stereocenters. The van der Waals surface area contributed by atoms with Crippen LogP contribution in [0.1, 0.15) is 33.6 Å². The minimum atomic E-state index is -0.598. The summed E-state index contributed by atoms with van der Waals surface area (Å²) in [6.07, 6.45) is 3.93. The molecule has 3 saturated carbocycles. The van der Waals surface area contributed by atoms with Gasteiger partial charge in [0, 0.05) is 12.2 Å². The molecule has 0 aromatic carbocycles. The highest BCUT2D eigenvalue weighted by molar-refractivity contribution is 5.40. The lowest BCUT2D eigenvalue weighted by Crippen LogP contribution is -2.58. The molecule has 0 amide bonds. The van der Waals surface area contributed by atoms with E-state index < -0.39 is 11.0 Å². The maximum absolute atomic E-state index is 11.7. The van der Waals surface area contributed by atoms with Crippen LogP contribution in [-0.4, -0.2) is 16.2 Å². The van der Waals surface area contributed by atoms with E-state index in [1.54, 1.807) is 6.20 Å². The summed E-state index contributed by atoms with van der Waals surface area (Å²) in [5, 5.41) is 8.17.